The lowest BCUT2D eigenvalue weighted by Gasteiger charge is -2.22. The van der Waals surface area contributed by atoms with E-state index in [4.69, 9.17) is 0 Å². The van der Waals surface area contributed by atoms with Gasteiger partial charge in [0.15, 0.2) is 5.78 Å². The highest BCUT2D eigenvalue weighted by molar-refractivity contribution is 6.23. The standard InChI is InChI=1S/C24H26O/c1-17-14-15-20-21(16-17)22(18-10-8-5-9-11-18)23(24(20)25)19-12-6-3-2-4-7-13-19/h5,8-11,14-16,19H,2-4,6-7,12-13H2,1H3. The Morgan fingerprint density at radius 1 is 0.800 bits per heavy atom. The molecule has 25 heavy (non-hydrogen) atoms. The molecule has 0 radical (unpaired) electrons. The monoisotopic (exact) mass is 330 g/mol. The van der Waals surface area contributed by atoms with Crippen LogP contribution in [0.1, 0.15) is 72.0 Å². The second kappa shape index (κ2) is 7.00. The van der Waals surface area contributed by atoms with Crippen molar-refractivity contribution in [3.8, 4) is 0 Å². The average Bonchev–Trinajstić information content (AvgIpc) is 2.88. The molecule has 128 valence electrons. The average molecular weight is 330 g/mol. The van der Waals surface area contributed by atoms with Gasteiger partial charge in [-0.25, -0.2) is 0 Å². The van der Waals surface area contributed by atoms with E-state index in [-0.39, 0.29) is 5.78 Å². The van der Waals surface area contributed by atoms with Crippen LogP contribution in [0.2, 0.25) is 0 Å². The van der Waals surface area contributed by atoms with Crippen molar-refractivity contribution in [1.82, 2.24) is 0 Å². The molecule has 4 rings (SSSR count). The molecule has 0 aromatic heterocycles. The highest BCUT2D eigenvalue weighted by atomic mass is 16.1. The van der Waals surface area contributed by atoms with Crippen molar-refractivity contribution >= 4 is 11.4 Å². The smallest absolute Gasteiger partial charge is 0.190 e. The number of rotatable bonds is 2. The summed E-state index contributed by atoms with van der Waals surface area (Å²) in [6.07, 6.45) is 8.78. The molecule has 0 atom stereocenters. The van der Waals surface area contributed by atoms with E-state index < -0.39 is 0 Å². The molecule has 0 spiro atoms. The lowest BCUT2D eigenvalue weighted by Crippen LogP contribution is -2.13. The van der Waals surface area contributed by atoms with Gasteiger partial charge in [0.2, 0.25) is 0 Å². The summed E-state index contributed by atoms with van der Waals surface area (Å²) in [7, 11) is 0. The van der Waals surface area contributed by atoms with E-state index >= 15 is 0 Å². The van der Waals surface area contributed by atoms with E-state index in [9.17, 15) is 4.79 Å². The summed E-state index contributed by atoms with van der Waals surface area (Å²) in [5.41, 5.74) is 6.76. The maximum atomic E-state index is 13.3. The molecule has 1 nitrogen and oxygen atoms in total. The van der Waals surface area contributed by atoms with E-state index in [0.717, 1.165) is 29.5 Å². The lowest BCUT2D eigenvalue weighted by molar-refractivity contribution is 0.102. The van der Waals surface area contributed by atoms with Crippen LogP contribution in [0.5, 0.6) is 0 Å². The molecule has 2 aliphatic carbocycles. The first-order chi connectivity index (χ1) is 12.3. The minimum atomic E-state index is 0.277. The number of carbonyl (C=O) groups is 1. The fourth-order valence-corrected chi connectivity index (χ4v) is 4.52. The van der Waals surface area contributed by atoms with Gasteiger partial charge in [-0.2, -0.15) is 0 Å². The summed E-state index contributed by atoms with van der Waals surface area (Å²) >= 11 is 0. The summed E-state index contributed by atoms with van der Waals surface area (Å²) in [5.74, 6) is 0.690. The summed E-state index contributed by atoms with van der Waals surface area (Å²) in [5, 5.41) is 0. The summed E-state index contributed by atoms with van der Waals surface area (Å²) < 4.78 is 0. The number of hydrogen-bond acceptors (Lipinski definition) is 1. The van der Waals surface area contributed by atoms with Gasteiger partial charge in [-0.3, -0.25) is 4.79 Å². The Balaban J connectivity index is 1.87. The van der Waals surface area contributed by atoms with Crippen LogP contribution in [0.3, 0.4) is 0 Å². The Kier molecular flexibility index (Phi) is 4.57. The van der Waals surface area contributed by atoms with E-state index in [1.54, 1.807) is 0 Å². The molecule has 0 unspecified atom stereocenters. The topological polar surface area (TPSA) is 17.1 Å². The zero-order chi connectivity index (χ0) is 17.2. The highest BCUT2D eigenvalue weighted by Crippen LogP contribution is 2.44. The zero-order valence-electron chi connectivity index (χ0n) is 15.1. The van der Waals surface area contributed by atoms with Crippen LogP contribution < -0.4 is 0 Å². The van der Waals surface area contributed by atoms with E-state index in [1.165, 1.54) is 48.8 Å². The lowest BCUT2D eigenvalue weighted by atomic mass is 9.82. The minimum Gasteiger partial charge on any atom is -0.289 e. The normalized spacial score (nSPS) is 18.8. The summed E-state index contributed by atoms with van der Waals surface area (Å²) in [6.45, 7) is 2.11. The fourth-order valence-electron chi connectivity index (χ4n) is 4.52. The number of hydrogen-bond donors (Lipinski definition) is 0. The van der Waals surface area contributed by atoms with Gasteiger partial charge >= 0.3 is 0 Å². The summed E-state index contributed by atoms with van der Waals surface area (Å²) in [4.78, 5) is 13.3. The molecule has 1 fully saturated rings. The van der Waals surface area contributed by atoms with Crippen LogP contribution in [-0.2, 0) is 0 Å². The van der Waals surface area contributed by atoms with Crippen LogP contribution in [0.25, 0.3) is 5.57 Å². The third-order valence-electron chi connectivity index (χ3n) is 5.78. The fraction of sp³-hybridized carbons (Fsp3) is 0.375. The van der Waals surface area contributed by atoms with Crippen molar-refractivity contribution in [2.45, 2.75) is 51.9 Å². The second-order valence-electron chi connectivity index (χ2n) is 7.57. The molecule has 2 aromatic carbocycles. The van der Waals surface area contributed by atoms with Gasteiger partial charge in [0, 0.05) is 11.1 Å². The first-order valence-electron chi connectivity index (χ1n) is 9.71. The van der Waals surface area contributed by atoms with E-state index in [1.807, 2.05) is 12.1 Å². The van der Waals surface area contributed by atoms with Crippen molar-refractivity contribution in [3.63, 3.8) is 0 Å². The molecule has 0 heterocycles. The van der Waals surface area contributed by atoms with Gasteiger partial charge in [0.25, 0.3) is 0 Å². The predicted octanol–water partition coefficient (Wildman–Crippen LogP) is 6.35. The summed E-state index contributed by atoms with van der Waals surface area (Å²) in [6, 6.07) is 16.8. The number of fused-ring (bicyclic) bond motifs is 1. The van der Waals surface area contributed by atoms with Gasteiger partial charge in [-0.15, -0.1) is 0 Å². The molecule has 1 heteroatoms. The Hall–Kier alpha value is -2.15. The highest BCUT2D eigenvalue weighted by Gasteiger charge is 2.34. The molecular formula is C24H26O. The first-order valence-corrected chi connectivity index (χ1v) is 9.71. The third kappa shape index (κ3) is 3.08. The van der Waals surface area contributed by atoms with Crippen molar-refractivity contribution in [2.75, 3.05) is 0 Å². The van der Waals surface area contributed by atoms with Gasteiger partial charge in [0.1, 0.15) is 0 Å². The molecule has 2 aliphatic rings. The molecule has 1 saturated carbocycles. The third-order valence-corrected chi connectivity index (χ3v) is 5.78. The van der Waals surface area contributed by atoms with Crippen LogP contribution in [0, 0.1) is 12.8 Å². The van der Waals surface area contributed by atoms with Gasteiger partial charge in [-0.1, -0.05) is 86.2 Å². The zero-order valence-corrected chi connectivity index (χ0v) is 15.1. The van der Waals surface area contributed by atoms with Crippen molar-refractivity contribution in [1.29, 1.82) is 0 Å². The van der Waals surface area contributed by atoms with E-state index in [0.29, 0.717) is 5.92 Å². The minimum absolute atomic E-state index is 0.277. The van der Waals surface area contributed by atoms with Gasteiger partial charge in [-0.05, 0) is 42.4 Å². The molecule has 2 aromatic rings. The number of Topliss-reactive ketones (excluding diaryl/α,β-unsaturated/α-hetero) is 1. The predicted molar refractivity (Wildman–Crippen MR) is 104 cm³/mol. The number of benzene rings is 2. The molecule has 0 saturated heterocycles. The van der Waals surface area contributed by atoms with Crippen LogP contribution in [0.4, 0.5) is 0 Å². The van der Waals surface area contributed by atoms with E-state index in [2.05, 4.69) is 43.3 Å². The largest absolute Gasteiger partial charge is 0.289 e. The Morgan fingerprint density at radius 2 is 1.48 bits per heavy atom. The van der Waals surface area contributed by atoms with Crippen LogP contribution in [0.15, 0.2) is 54.1 Å². The number of allylic oxidation sites excluding steroid dienone is 1. The van der Waals surface area contributed by atoms with Crippen molar-refractivity contribution in [2.24, 2.45) is 5.92 Å². The first kappa shape index (κ1) is 16.3. The second-order valence-corrected chi connectivity index (χ2v) is 7.57. The van der Waals surface area contributed by atoms with Crippen LogP contribution >= 0.6 is 0 Å². The van der Waals surface area contributed by atoms with Crippen LogP contribution in [-0.4, -0.2) is 5.78 Å². The maximum absolute atomic E-state index is 13.3. The molecular weight excluding hydrogens is 304 g/mol. The van der Waals surface area contributed by atoms with Gasteiger partial charge < -0.3 is 0 Å². The SMILES string of the molecule is Cc1ccc2c(c1)C(c1ccccc1)=C(C1CCCCCCC1)C2=O. The number of carbonyl (C=O) groups excluding carboxylic acids is 1. The quantitative estimate of drug-likeness (QED) is 0.626. The van der Waals surface area contributed by atoms with Crippen molar-refractivity contribution < 1.29 is 4.79 Å². The Bertz CT molecular complexity index is 805. The van der Waals surface area contributed by atoms with Crippen molar-refractivity contribution in [3.05, 3.63) is 76.4 Å². The Morgan fingerprint density at radius 3 is 2.20 bits per heavy atom. The molecule has 0 aliphatic heterocycles. The number of ketones is 1. The molecule has 0 bridgehead atoms. The maximum Gasteiger partial charge on any atom is 0.190 e. The van der Waals surface area contributed by atoms with Gasteiger partial charge in [0.05, 0.1) is 0 Å². The Labute approximate surface area is 150 Å². The number of aryl methyl sites for hydroxylation is 1. The molecule has 0 N–H and O–H groups in total. The molecule has 0 amide bonds.